The largest absolute Gasteiger partial charge is 0.489 e. The van der Waals surface area contributed by atoms with Crippen molar-refractivity contribution in [2.45, 2.75) is 32.0 Å². The Morgan fingerprint density at radius 1 is 1.08 bits per heavy atom. The smallest absolute Gasteiger partial charge is 0.294 e. The number of hydrogen-bond donors (Lipinski definition) is 0. The normalized spacial score (nSPS) is 21.8. The van der Waals surface area contributed by atoms with E-state index in [1.807, 2.05) is 55.5 Å². The Hall–Kier alpha value is -1.82. The van der Waals surface area contributed by atoms with Crippen molar-refractivity contribution in [1.82, 2.24) is 0 Å². The van der Waals surface area contributed by atoms with Crippen LogP contribution in [-0.4, -0.2) is 14.0 Å². The van der Waals surface area contributed by atoms with Gasteiger partial charge in [-0.2, -0.15) is 8.42 Å². The van der Waals surface area contributed by atoms with Gasteiger partial charge in [0.15, 0.2) is 0 Å². The molecule has 1 heterocycles. The zero-order valence-electron chi connectivity index (χ0n) is 13.8. The first-order chi connectivity index (χ1) is 11.9. The number of rotatable bonds is 6. The summed E-state index contributed by atoms with van der Waals surface area (Å²) in [6.45, 7) is 2.07. The van der Waals surface area contributed by atoms with Gasteiger partial charge in [0.05, 0.1) is 5.41 Å². The summed E-state index contributed by atoms with van der Waals surface area (Å²) in [5.74, 6) is 0.318. The third kappa shape index (κ3) is 4.06. The Morgan fingerprint density at radius 2 is 1.76 bits per heavy atom. The molecule has 1 aliphatic heterocycles. The molecule has 0 amide bonds. The summed E-state index contributed by atoms with van der Waals surface area (Å²) in [6.07, 6.45) is 0.882. The molecule has 0 radical (unpaired) electrons. The SMILES string of the molecule is CCC1(Cc2ccccc2)OS(=O)(=O)C=C1OCc1ccccc1Cl. The second kappa shape index (κ2) is 7.20. The zero-order chi connectivity index (χ0) is 17.9. The van der Waals surface area contributed by atoms with Gasteiger partial charge in [0.1, 0.15) is 18.0 Å². The predicted molar refractivity (Wildman–Crippen MR) is 97.5 cm³/mol. The molecule has 0 bridgehead atoms. The fourth-order valence-corrected chi connectivity index (χ4v) is 4.35. The summed E-state index contributed by atoms with van der Waals surface area (Å²) in [5.41, 5.74) is 0.745. The van der Waals surface area contributed by atoms with Gasteiger partial charge in [-0.05, 0) is 18.1 Å². The highest BCUT2D eigenvalue weighted by Gasteiger charge is 2.46. The van der Waals surface area contributed by atoms with Crippen LogP contribution in [0.15, 0.2) is 65.8 Å². The first-order valence-electron chi connectivity index (χ1n) is 8.02. The van der Waals surface area contributed by atoms with E-state index < -0.39 is 15.7 Å². The first kappa shape index (κ1) is 18.0. The number of benzene rings is 2. The van der Waals surface area contributed by atoms with Gasteiger partial charge in [-0.3, -0.25) is 4.18 Å². The fourth-order valence-electron chi connectivity index (χ4n) is 2.86. The third-order valence-corrected chi connectivity index (χ3v) is 5.64. The third-order valence-electron chi connectivity index (χ3n) is 4.22. The van der Waals surface area contributed by atoms with Crippen LogP contribution in [0.5, 0.6) is 0 Å². The fraction of sp³-hybridized carbons (Fsp3) is 0.263. The van der Waals surface area contributed by atoms with Gasteiger partial charge in [0, 0.05) is 17.0 Å². The van der Waals surface area contributed by atoms with E-state index in [1.54, 1.807) is 6.07 Å². The molecule has 4 nitrogen and oxygen atoms in total. The van der Waals surface area contributed by atoms with Gasteiger partial charge in [0.2, 0.25) is 0 Å². The minimum atomic E-state index is -3.77. The lowest BCUT2D eigenvalue weighted by Gasteiger charge is -2.29. The molecule has 6 heteroatoms. The molecule has 2 aromatic carbocycles. The standard InChI is InChI=1S/C19H19ClO4S/c1-2-19(12-15-8-4-3-5-9-15)18(14-25(21,22)24-19)23-13-16-10-6-7-11-17(16)20/h3-11,14H,2,12-13H2,1H3. The average molecular weight is 379 g/mol. The zero-order valence-corrected chi connectivity index (χ0v) is 15.4. The predicted octanol–water partition coefficient (Wildman–Crippen LogP) is 4.45. The van der Waals surface area contributed by atoms with Crippen LogP contribution in [0, 0.1) is 0 Å². The van der Waals surface area contributed by atoms with Crippen molar-refractivity contribution in [3.63, 3.8) is 0 Å². The van der Waals surface area contributed by atoms with E-state index in [0.29, 0.717) is 23.6 Å². The van der Waals surface area contributed by atoms with Crippen molar-refractivity contribution in [2.24, 2.45) is 0 Å². The molecule has 1 aliphatic rings. The highest BCUT2D eigenvalue weighted by Crippen LogP contribution is 2.39. The summed E-state index contributed by atoms with van der Waals surface area (Å²) in [5, 5.41) is 1.66. The Kier molecular flexibility index (Phi) is 5.18. The van der Waals surface area contributed by atoms with Gasteiger partial charge in [-0.25, -0.2) is 0 Å². The van der Waals surface area contributed by atoms with Crippen molar-refractivity contribution in [3.8, 4) is 0 Å². The Morgan fingerprint density at radius 3 is 2.44 bits per heavy atom. The second-order valence-electron chi connectivity index (χ2n) is 5.95. The molecule has 0 fully saturated rings. The number of halogens is 1. The summed E-state index contributed by atoms with van der Waals surface area (Å²) in [4.78, 5) is 0. The van der Waals surface area contributed by atoms with Gasteiger partial charge in [-0.15, -0.1) is 0 Å². The Balaban J connectivity index is 1.87. The van der Waals surface area contributed by atoms with E-state index in [9.17, 15) is 8.42 Å². The monoisotopic (exact) mass is 378 g/mol. The molecule has 132 valence electrons. The lowest BCUT2D eigenvalue weighted by atomic mass is 9.90. The van der Waals surface area contributed by atoms with E-state index in [2.05, 4.69) is 0 Å². The van der Waals surface area contributed by atoms with Crippen molar-refractivity contribution >= 4 is 21.7 Å². The molecular formula is C19H19ClO4S. The van der Waals surface area contributed by atoms with Crippen LogP contribution in [-0.2, 0) is 32.1 Å². The van der Waals surface area contributed by atoms with Crippen molar-refractivity contribution < 1.29 is 17.3 Å². The van der Waals surface area contributed by atoms with Crippen LogP contribution < -0.4 is 0 Å². The molecule has 0 aromatic heterocycles. The molecule has 2 aromatic rings. The Bertz CT molecular complexity index is 877. The number of ether oxygens (including phenoxy) is 1. The molecule has 0 aliphatic carbocycles. The second-order valence-corrected chi connectivity index (χ2v) is 7.74. The average Bonchev–Trinajstić information content (AvgIpc) is 2.85. The molecule has 1 atom stereocenters. The maximum Gasteiger partial charge on any atom is 0.294 e. The summed E-state index contributed by atoms with van der Waals surface area (Å²) in [6, 6.07) is 16.9. The van der Waals surface area contributed by atoms with Crippen LogP contribution in [0.4, 0.5) is 0 Å². The van der Waals surface area contributed by atoms with E-state index in [1.165, 1.54) is 0 Å². The van der Waals surface area contributed by atoms with Crippen LogP contribution in [0.1, 0.15) is 24.5 Å². The van der Waals surface area contributed by atoms with Gasteiger partial charge >= 0.3 is 0 Å². The van der Waals surface area contributed by atoms with Crippen LogP contribution >= 0.6 is 11.6 Å². The molecule has 25 heavy (non-hydrogen) atoms. The highest BCUT2D eigenvalue weighted by molar-refractivity contribution is 7.90. The summed E-state index contributed by atoms with van der Waals surface area (Å²) < 4.78 is 35.5. The molecule has 0 N–H and O–H groups in total. The first-order valence-corrected chi connectivity index (χ1v) is 9.87. The molecule has 3 rings (SSSR count). The number of hydrogen-bond acceptors (Lipinski definition) is 4. The van der Waals surface area contributed by atoms with E-state index >= 15 is 0 Å². The van der Waals surface area contributed by atoms with Crippen molar-refractivity contribution in [2.75, 3.05) is 0 Å². The lowest BCUT2D eigenvalue weighted by molar-refractivity contribution is 0.0407. The minimum Gasteiger partial charge on any atom is -0.489 e. The van der Waals surface area contributed by atoms with E-state index in [-0.39, 0.29) is 6.61 Å². The molecular weight excluding hydrogens is 360 g/mol. The van der Waals surface area contributed by atoms with Crippen LogP contribution in [0.25, 0.3) is 0 Å². The van der Waals surface area contributed by atoms with Crippen LogP contribution in [0.3, 0.4) is 0 Å². The highest BCUT2D eigenvalue weighted by atomic mass is 35.5. The van der Waals surface area contributed by atoms with Gasteiger partial charge in [-0.1, -0.05) is 67.1 Å². The lowest BCUT2D eigenvalue weighted by Crippen LogP contribution is -2.35. The topological polar surface area (TPSA) is 52.6 Å². The Labute approximate surface area is 153 Å². The van der Waals surface area contributed by atoms with Crippen molar-refractivity contribution in [3.05, 3.63) is 81.9 Å². The summed E-state index contributed by atoms with van der Waals surface area (Å²) >= 11 is 6.15. The molecule has 1 unspecified atom stereocenters. The van der Waals surface area contributed by atoms with E-state index in [4.69, 9.17) is 20.5 Å². The van der Waals surface area contributed by atoms with Gasteiger partial charge in [0.25, 0.3) is 10.1 Å². The maximum atomic E-state index is 12.1. The minimum absolute atomic E-state index is 0.181. The van der Waals surface area contributed by atoms with Crippen molar-refractivity contribution in [1.29, 1.82) is 0 Å². The van der Waals surface area contributed by atoms with E-state index in [0.717, 1.165) is 16.5 Å². The van der Waals surface area contributed by atoms with Gasteiger partial charge < -0.3 is 4.74 Å². The molecule has 0 saturated heterocycles. The van der Waals surface area contributed by atoms with Crippen LogP contribution in [0.2, 0.25) is 5.02 Å². The summed E-state index contributed by atoms with van der Waals surface area (Å²) in [7, 11) is -3.77. The molecule has 0 saturated carbocycles. The molecule has 0 spiro atoms. The maximum absolute atomic E-state index is 12.1. The quantitative estimate of drug-likeness (QED) is 0.697.